The van der Waals surface area contributed by atoms with Crippen molar-refractivity contribution >= 4 is 37.0 Å². The van der Waals surface area contributed by atoms with Gasteiger partial charge >= 0.3 is 5.97 Å². The predicted molar refractivity (Wildman–Crippen MR) is 67.3 cm³/mol. The third kappa shape index (κ3) is 3.43. The van der Waals surface area contributed by atoms with E-state index in [0.29, 0.717) is 17.7 Å². The first-order chi connectivity index (χ1) is 7.91. The van der Waals surface area contributed by atoms with Gasteiger partial charge in [-0.05, 0) is 12.8 Å². The second-order valence-electron chi connectivity index (χ2n) is 3.33. The first-order valence-corrected chi connectivity index (χ1v) is 8.32. The molecule has 0 saturated carbocycles. The minimum Gasteiger partial charge on any atom is -0.462 e. The van der Waals surface area contributed by atoms with Crippen LogP contribution in [0.15, 0.2) is 10.3 Å². The average molecular weight is 297 g/mol. The molecule has 0 radical (unpaired) electrons. The summed E-state index contributed by atoms with van der Waals surface area (Å²) in [6.07, 6.45) is 1.19. The molecule has 1 aromatic rings. The molecule has 7 heteroatoms. The molecule has 0 aliphatic rings. The van der Waals surface area contributed by atoms with E-state index in [9.17, 15) is 13.2 Å². The van der Waals surface area contributed by atoms with Crippen molar-refractivity contribution in [3.8, 4) is 0 Å². The molecule has 0 unspecified atom stereocenters. The highest BCUT2D eigenvalue weighted by Crippen LogP contribution is 2.31. The molecular weight excluding hydrogens is 284 g/mol. The van der Waals surface area contributed by atoms with Gasteiger partial charge in [-0.1, -0.05) is 13.8 Å². The van der Waals surface area contributed by atoms with Crippen molar-refractivity contribution in [1.29, 1.82) is 0 Å². The minimum atomic E-state index is -3.92. The first-order valence-electron chi connectivity index (χ1n) is 5.13. The monoisotopic (exact) mass is 296 g/mol. The Balaban J connectivity index is 3.17. The van der Waals surface area contributed by atoms with Gasteiger partial charge in [0.25, 0.3) is 9.05 Å². The molecule has 0 spiro atoms. The van der Waals surface area contributed by atoms with Gasteiger partial charge < -0.3 is 4.74 Å². The zero-order valence-electron chi connectivity index (χ0n) is 9.53. The van der Waals surface area contributed by atoms with Crippen molar-refractivity contribution in [2.24, 2.45) is 0 Å². The molecule has 1 rings (SSSR count). The molecule has 1 aromatic heterocycles. The third-order valence-corrected chi connectivity index (χ3v) is 4.72. The van der Waals surface area contributed by atoms with Crippen LogP contribution in [0.3, 0.4) is 0 Å². The van der Waals surface area contributed by atoms with Crippen LogP contribution in [0, 0.1) is 0 Å². The van der Waals surface area contributed by atoms with Gasteiger partial charge in [0, 0.05) is 20.9 Å². The van der Waals surface area contributed by atoms with Crippen LogP contribution in [0.1, 0.15) is 35.5 Å². The molecule has 0 N–H and O–H groups in total. The number of rotatable bonds is 5. The van der Waals surface area contributed by atoms with Gasteiger partial charge in [-0.3, -0.25) is 0 Å². The van der Waals surface area contributed by atoms with E-state index < -0.39 is 15.0 Å². The summed E-state index contributed by atoms with van der Waals surface area (Å²) in [6.45, 7) is 3.92. The number of halogens is 1. The van der Waals surface area contributed by atoms with Gasteiger partial charge in [-0.25, -0.2) is 13.2 Å². The SMILES string of the molecule is CCCOC(=O)c1csc(CC)c1S(=O)(=O)Cl. The minimum absolute atomic E-state index is 0.0373. The van der Waals surface area contributed by atoms with Crippen LogP contribution < -0.4 is 0 Å². The molecule has 1 heterocycles. The van der Waals surface area contributed by atoms with Gasteiger partial charge in [-0.2, -0.15) is 0 Å². The summed E-state index contributed by atoms with van der Waals surface area (Å²) in [6, 6.07) is 0. The average Bonchev–Trinajstić information content (AvgIpc) is 2.69. The molecule has 0 atom stereocenters. The first kappa shape index (κ1) is 14.5. The van der Waals surface area contributed by atoms with Crippen molar-refractivity contribution in [3.63, 3.8) is 0 Å². The Morgan fingerprint density at radius 2 is 2.12 bits per heavy atom. The maximum Gasteiger partial charge on any atom is 0.340 e. The van der Waals surface area contributed by atoms with E-state index in [1.807, 2.05) is 6.92 Å². The number of hydrogen-bond donors (Lipinski definition) is 0. The van der Waals surface area contributed by atoms with Crippen molar-refractivity contribution in [2.45, 2.75) is 31.6 Å². The van der Waals surface area contributed by atoms with Gasteiger partial charge in [0.15, 0.2) is 0 Å². The van der Waals surface area contributed by atoms with E-state index in [-0.39, 0.29) is 17.1 Å². The highest BCUT2D eigenvalue weighted by Gasteiger charge is 2.26. The van der Waals surface area contributed by atoms with Gasteiger partial charge in [0.05, 0.1) is 12.2 Å². The quantitative estimate of drug-likeness (QED) is 0.619. The zero-order valence-corrected chi connectivity index (χ0v) is 11.9. The lowest BCUT2D eigenvalue weighted by atomic mass is 10.3. The molecule has 96 valence electrons. The molecular formula is C10H13ClO4S2. The molecule has 0 amide bonds. The maximum atomic E-state index is 11.7. The van der Waals surface area contributed by atoms with Crippen molar-refractivity contribution in [2.75, 3.05) is 6.61 Å². The van der Waals surface area contributed by atoms with Crippen molar-refractivity contribution in [3.05, 3.63) is 15.8 Å². The lowest BCUT2D eigenvalue weighted by molar-refractivity contribution is 0.0501. The number of carbonyl (C=O) groups excluding carboxylic acids is 1. The Morgan fingerprint density at radius 3 is 2.59 bits per heavy atom. The van der Waals surface area contributed by atoms with Crippen LogP contribution in [-0.4, -0.2) is 21.0 Å². The predicted octanol–water partition coefficient (Wildman–Crippen LogP) is 2.80. The number of hydrogen-bond acceptors (Lipinski definition) is 5. The Bertz CT molecular complexity index is 504. The van der Waals surface area contributed by atoms with Crippen molar-refractivity contribution in [1.82, 2.24) is 0 Å². The van der Waals surface area contributed by atoms with Crippen molar-refractivity contribution < 1.29 is 17.9 Å². The Morgan fingerprint density at radius 1 is 1.47 bits per heavy atom. The largest absolute Gasteiger partial charge is 0.462 e. The molecule has 0 aliphatic carbocycles. The Hall–Kier alpha value is -0.590. The van der Waals surface area contributed by atoms with E-state index in [2.05, 4.69) is 0 Å². The zero-order chi connectivity index (χ0) is 13.1. The van der Waals surface area contributed by atoms with Gasteiger partial charge in [0.2, 0.25) is 0 Å². The summed E-state index contributed by atoms with van der Waals surface area (Å²) in [4.78, 5) is 12.1. The van der Waals surface area contributed by atoms with E-state index in [1.54, 1.807) is 6.92 Å². The van der Waals surface area contributed by atoms with Crippen LogP contribution in [0.5, 0.6) is 0 Å². The lowest BCUT2D eigenvalue weighted by Crippen LogP contribution is -2.09. The van der Waals surface area contributed by atoms with Crippen LogP contribution >= 0.6 is 22.0 Å². The molecule has 0 aliphatic heterocycles. The second kappa shape index (κ2) is 5.84. The number of ether oxygens (including phenoxy) is 1. The summed E-state index contributed by atoms with van der Waals surface area (Å²) >= 11 is 1.20. The van der Waals surface area contributed by atoms with Crippen LogP contribution in [0.2, 0.25) is 0 Å². The fraction of sp³-hybridized carbons (Fsp3) is 0.500. The topological polar surface area (TPSA) is 60.4 Å². The summed E-state index contributed by atoms with van der Waals surface area (Å²) in [5.41, 5.74) is 0.0373. The van der Waals surface area contributed by atoms with E-state index in [1.165, 1.54) is 16.7 Å². The summed E-state index contributed by atoms with van der Waals surface area (Å²) in [7, 11) is 1.42. The fourth-order valence-electron chi connectivity index (χ4n) is 1.31. The molecule has 0 aromatic carbocycles. The Labute approximate surface area is 109 Å². The molecule has 0 saturated heterocycles. The maximum absolute atomic E-state index is 11.7. The van der Waals surface area contributed by atoms with E-state index in [0.717, 1.165) is 0 Å². The van der Waals surface area contributed by atoms with E-state index >= 15 is 0 Å². The fourth-order valence-corrected chi connectivity index (χ4v) is 4.20. The third-order valence-electron chi connectivity index (χ3n) is 2.04. The molecule has 4 nitrogen and oxygen atoms in total. The van der Waals surface area contributed by atoms with E-state index in [4.69, 9.17) is 15.4 Å². The second-order valence-corrected chi connectivity index (χ2v) is 6.80. The number of thiophene rings is 1. The van der Waals surface area contributed by atoms with Gasteiger partial charge in [0.1, 0.15) is 4.90 Å². The van der Waals surface area contributed by atoms with Gasteiger partial charge in [-0.15, -0.1) is 11.3 Å². The summed E-state index contributed by atoms with van der Waals surface area (Å²) < 4.78 is 27.8. The smallest absolute Gasteiger partial charge is 0.340 e. The normalized spacial score (nSPS) is 11.5. The van der Waals surface area contributed by atoms with Crippen LogP contribution in [0.4, 0.5) is 0 Å². The number of esters is 1. The number of carbonyl (C=O) groups is 1. The number of aryl methyl sites for hydroxylation is 1. The van der Waals surface area contributed by atoms with Crippen LogP contribution in [0.25, 0.3) is 0 Å². The Kier molecular flexibility index (Phi) is 4.97. The lowest BCUT2D eigenvalue weighted by Gasteiger charge is -2.03. The van der Waals surface area contributed by atoms with Crippen LogP contribution in [-0.2, 0) is 20.2 Å². The highest BCUT2D eigenvalue weighted by molar-refractivity contribution is 8.14. The summed E-state index contributed by atoms with van der Waals surface area (Å²) in [5.74, 6) is -0.637. The standard InChI is InChI=1S/C10H13ClO4S2/c1-3-5-15-10(12)7-6-16-8(4-2)9(7)17(11,13)14/h6H,3-5H2,1-2H3. The highest BCUT2D eigenvalue weighted by atomic mass is 35.7. The molecule has 0 bridgehead atoms. The summed E-state index contributed by atoms with van der Waals surface area (Å²) in [5, 5.41) is 1.48. The molecule has 0 fully saturated rings. The molecule has 17 heavy (non-hydrogen) atoms.